The van der Waals surface area contributed by atoms with Crippen molar-refractivity contribution in [3.05, 3.63) is 60.8 Å². The fourth-order valence-corrected chi connectivity index (χ4v) is 3.71. The standard InChI is InChI=1S/C31H50O9/c1-3-5-6-7-8-9-10-11-12-13-14-15-16-17-18-19-21-37-23-25(39-27(33)20-4-2)24-38-31-30(36)29(35)28(34)26(22-32)40-31/h5-6,8-9,11-12,14-15,17-18,25-26,28-32,34-36H,3-4,7,10,13,16,19-24H2,1-2H3/b6-5-,9-8-,12-11-,15-14-,18-17-. The summed E-state index contributed by atoms with van der Waals surface area (Å²) in [6, 6.07) is 0. The minimum atomic E-state index is -1.54. The van der Waals surface area contributed by atoms with Crippen molar-refractivity contribution in [2.24, 2.45) is 0 Å². The smallest absolute Gasteiger partial charge is 0.306 e. The van der Waals surface area contributed by atoms with Gasteiger partial charge in [-0.1, -0.05) is 74.6 Å². The summed E-state index contributed by atoms with van der Waals surface area (Å²) in [6.07, 6.45) is 20.0. The molecule has 0 bridgehead atoms. The Morgan fingerprint density at radius 1 is 0.800 bits per heavy atom. The van der Waals surface area contributed by atoms with Crippen molar-refractivity contribution in [3.63, 3.8) is 0 Å². The van der Waals surface area contributed by atoms with Crippen molar-refractivity contribution >= 4 is 5.97 Å². The fourth-order valence-electron chi connectivity index (χ4n) is 3.71. The van der Waals surface area contributed by atoms with Crippen LogP contribution in [0.2, 0.25) is 0 Å². The highest BCUT2D eigenvalue weighted by atomic mass is 16.7. The van der Waals surface area contributed by atoms with Crippen LogP contribution in [0.25, 0.3) is 0 Å². The number of hydrogen-bond acceptors (Lipinski definition) is 9. The number of aliphatic hydroxyl groups is 4. The lowest BCUT2D eigenvalue weighted by atomic mass is 9.99. The Kier molecular flexibility index (Phi) is 21.2. The predicted octanol–water partition coefficient (Wildman–Crippen LogP) is 3.67. The normalized spacial score (nSPS) is 24.8. The SMILES string of the molecule is CC/C=C\C/C=C\C/C=C\C/C=C\C/C=C\CCOCC(COC1OC(CO)C(O)C(O)C1O)OC(=O)CCC. The lowest BCUT2D eigenvalue weighted by Crippen LogP contribution is -2.59. The Morgan fingerprint density at radius 3 is 1.93 bits per heavy atom. The average Bonchev–Trinajstić information content (AvgIpc) is 2.94. The molecule has 1 rings (SSSR count). The summed E-state index contributed by atoms with van der Waals surface area (Å²) >= 11 is 0. The number of rotatable bonds is 21. The summed E-state index contributed by atoms with van der Waals surface area (Å²) in [5, 5.41) is 39.3. The molecular formula is C31H50O9. The molecule has 1 fully saturated rings. The second-order valence-corrected chi connectivity index (χ2v) is 9.46. The second-order valence-electron chi connectivity index (χ2n) is 9.46. The van der Waals surface area contributed by atoms with E-state index in [0.717, 1.165) is 32.1 Å². The van der Waals surface area contributed by atoms with Crippen molar-refractivity contribution < 1.29 is 44.2 Å². The van der Waals surface area contributed by atoms with Crippen LogP contribution in [0.3, 0.4) is 0 Å². The molecule has 0 aromatic rings. The molecule has 6 unspecified atom stereocenters. The highest BCUT2D eigenvalue weighted by Gasteiger charge is 2.44. The van der Waals surface area contributed by atoms with Crippen LogP contribution in [-0.4, -0.2) is 89.6 Å². The molecule has 40 heavy (non-hydrogen) atoms. The molecule has 1 aliphatic heterocycles. The van der Waals surface area contributed by atoms with Gasteiger partial charge in [0.25, 0.3) is 0 Å². The lowest BCUT2D eigenvalue weighted by Gasteiger charge is -2.39. The first kappa shape index (κ1) is 35.9. The summed E-state index contributed by atoms with van der Waals surface area (Å²) < 4.78 is 22.0. The van der Waals surface area contributed by atoms with Crippen molar-refractivity contribution in [3.8, 4) is 0 Å². The molecule has 4 N–H and O–H groups in total. The zero-order valence-corrected chi connectivity index (χ0v) is 24.1. The van der Waals surface area contributed by atoms with E-state index in [1.807, 2.05) is 13.0 Å². The van der Waals surface area contributed by atoms with Crippen LogP contribution in [0.1, 0.15) is 65.2 Å². The maximum Gasteiger partial charge on any atom is 0.306 e. The van der Waals surface area contributed by atoms with E-state index in [0.29, 0.717) is 19.4 Å². The van der Waals surface area contributed by atoms with Crippen LogP contribution in [-0.2, 0) is 23.7 Å². The highest BCUT2D eigenvalue weighted by Crippen LogP contribution is 2.22. The van der Waals surface area contributed by atoms with E-state index >= 15 is 0 Å². The summed E-state index contributed by atoms with van der Waals surface area (Å²) in [4.78, 5) is 12.0. The van der Waals surface area contributed by atoms with E-state index in [9.17, 15) is 25.2 Å². The minimum Gasteiger partial charge on any atom is -0.457 e. The monoisotopic (exact) mass is 566 g/mol. The summed E-state index contributed by atoms with van der Waals surface area (Å²) in [5.41, 5.74) is 0. The van der Waals surface area contributed by atoms with Crippen LogP contribution in [0, 0.1) is 0 Å². The molecular weight excluding hydrogens is 516 g/mol. The van der Waals surface area contributed by atoms with Gasteiger partial charge in [-0.2, -0.15) is 0 Å². The first-order valence-electron chi connectivity index (χ1n) is 14.4. The lowest BCUT2D eigenvalue weighted by molar-refractivity contribution is -0.305. The molecule has 0 radical (unpaired) electrons. The molecule has 9 nitrogen and oxygen atoms in total. The van der Waals surface area contributed by atoms with E-state index in [4.69, 9.17) is 18.9 Å². The molecule has 0 saturated carbocycles. The molecule has 6 atom stereocenters. The van der Waals surface area contributed by atoms with Gasteiger partial charge in [0.15, 0.2) is 6.29 Å². The number of allylic oxidation sites excluding steroid dienone is 9. The van der Waals surface area contributed by atoms with Crippen LogP contribution in [0.15, 0.2) is 60.8 Å². The van der Waals surface area contributed by atoms with E-state index in [-0.39, 0.29) is 19.6 Å². The quantitative estimate of drug-likeness (QED) is 0.0932. The Morgan fingerprint density at radius 2 is 1.38 bits per heavy atom. The van der Waals surface area contributed by atoms with E-state index < -0.39 is 49.4 Å². The summed E-state index contributed by atoms with van der Waals surface area (Å²) in [7, 11) is 0. The number of esters is 1. The third kappa shape index (κ3) is 16.2. The Hall–Kier alpha value is -2.11. The van der Waals surface area contributed by atoms with Gasteiger partial charge in [0.2, 0.25) is 0 Å². The Balaban J connectivity index is 2.31. The number of hydrogen-bond donors (Lipinski definition) is 4. The van der Waals surface area contributed by atoms with Crippen molar-refractivity contribution in [2.75, 3.05) is 26.4 Å². The van der Waals surface area contributed by atoms with Crippen LogP contribution in [0.5, 0.6) is 0 Å². The third-order valence-corrected chi connectivity index (χ3v) is 5.94. The maximum atomic E-state index is 12.0. The van der Waals surface area contributed by atoms with E-state index in [2.05, 4.69) is 61.6 Å². The minimum absolute atomic E-state index is 0.0809. The Bertz CT molecular complexity index is 788. The molecule has 1 heterocycles. The van der Waals surface area contributed by atoms with Crippen LogP contribution >= 0.6 is 0 Å². The first-order chi connectivity index (χ1) is 19.4. The molecule has 1 aliphatic rings. The topological polar surface area (TPSA) is 135 Å². The van der Waals surface area contributed by atoms with Gasteiger partial charge in [0, 0.05) is 6.42 Å². The van der Waals surface area contributed by atoms with Crippen molar-refractivity contribution in [1.29, 1.82) is 0 Å². The highest BCUT2D eigenvalue weighted by molar-refractivity contribution is 5.69. The largest absolute Gasteiger partial charge is 0.457 e. The molecule has 0 amide bonds. The molecule has 0 aromatic heterocycles. The maximum absolute atomic E-state index is 12.0. The first-order valence-corrected chi connectivity index (χ1v) is 14.4. The fraction of sp³-hybridized carbons (Fsp3) is 0.645. The van der Waals surface area contributed by atoms with E-state index in [1.165, 1.54) is 0 Å². The van der Waals surface area contributed by atoms with Gasteiger partial charge in [0.1, 0.15) is 30.5 Å². The van der Waals surface area contributed by atoms with Gasteiger partial charge >= 0.3 is 5.97 Å². The molecule has 0 spiro atoms. The van der Waals surface area contributed by atoms with Gasteiger partial charge in [-0.3, -0.25) is 4.79 Å². The molecule has 9 heteroatoms. The molecule has 0 aromatic carbocycles. The predicted molar refractivity (Wildman–Crippen MR) is 154 cm³/mol. The summed E-state index contributed by atoms with van der Waals surface area (Å²) in [5.74, 6) is -0.397. The zero-order chi connectivity index (χ0) is 29.4. The molecule has 1 saturated heterocycles. The summed E-state index contributed by atoms with van der Waals surface area (Å²) in [6.45, 7) is 3.79. The number of carbonyl (C=O) groups excluding carboxylic acids is 1. The average molecular weight is 567 g/mol. The van der Waals surface area contributed by atoms with Gasteiger partial charge < -0.3 is 39.4 Å². The van der Waals surface area contributed by atoms with Crippen LogP contribution in [0.4, 0.5) is 0 Å². The number of ether oxygens (including phenoxy) is 4. The van der Waals surface area contributed by atoms with Gasteiger partial charge in [-0.15, -0.1) is 0 Å². The van der Waals surface area contributed by atoms with Crippen molar-refractivity contribution in [2.45, 2.75) is 102 Å². The number of aliphatic hydroxyl groups excluding tert-OH is 4. The third-order valence-electron chi connectivity index (χ3n) is 5.94. The molecule has 0 aliphatic carbocycles. The van der Waals surface area contributed by atoms with Gasteiger partial charge in [-0.25, -0.2) is 0 Å². The number of carbonyl (C=O) groups is 1. The van der Waals surface area contributed by atoms with E-state index in [1.54, 1.807) is 0 Å². The molecule has 228 valence electrons. The van der Waals surface area contributed by atoms with Gasteiger partial charge in [0.05, 0.1) is 26.4 Å². The van der Waals surface area contributed by atoms with Gasteiger partial charge in [-0.05, 0) is 44.9 Å². The van der Waals surface area contributed by atoms with Crippen molar-refractivity contribution in [1.82, 2.24) is 0 Å². The second kappa shape index (κ2) is 23.6. The zero-order valence-electron chi connectivity index (χ0n) is 24.1. The Labute approximate surface area is 239 Å². The van der Waals surface area contributed by atoms with Crippen LogP contribution < -0.4 is 0 Å².